The molecule has 10 rings (SSSR count). The lowest BCUT2D eigenvalue weighted by molar-refractivity contribution is -0.385. The molecule has 0 saturated carbocycles. The first-order chi connectivity index (χ1) is 29.7. The van der Waals surface area contributed by atoms with Gasteiger partial charge >= 0.3 is 0 Å². The number of nitrogens with one attached hydrogen (secondary N) is 1. The zero-order valence-electron chi connectivity index (χ0n) is 32.7. The number of allylic oxidation sites excluding steroid dienone is 2. The summed E-state index contributed by atoms with van der Waals surface area (Å²) in [6.07, 6.45) is 8.02. The molecule has 4 heterocycles. The van der Waals surface area contributed by atoms with E-state index < -0.39 is 4.92 Å². The largest absolute Gasteiger partial charge is 0.454 e. The normalized spacial score (nSPS) is 13.9. The van der Waals surface area contributed by atoms with Gasteiger partial charge < -0.3 is 29.2 Å². The Morgan fingerprint density at radius 3 is 1.70 bits per heavy atom. The van der Waals surface area contributed by atoms with E-state index in [0.717, 1.165) is 84.9 Å². The lowest BCUT2D eigenvalue weighted by atomic mass is 10.0. The van der Waals surface area contributed by atoms with Gasteiger partial charge in [-0.2, -0.15) is 0 Å². The minimum absolute atomic E-state index is 0.0560. The summed E-state index contributed by atoms with van der Waals surface area (Å²) in [4.78, 5) is 32.5. The molecule has 6 aromatic carbocycles. The third kappa shape index (κ3) is 8.36. The highest BCUT2D eigenvalue weighted by Crippen LogP contribution is 2.35. The van der Waals surface area contributed by atoms with Crippen molar-refractivity contribution in [1.29, 1.82) is 0 Å². The van der Waals surface area contributed by atoms with Crippen molar-refractivity contribution in [2.45, 2.75) is 13.1 Å². The first-order valence-corrected chi connectivity index (χ1v) is 19.2. The average molecular weight is 813 g/mol. The van der Waals surface area contributed by atoms with Gasteiger partial charge in [-0.1, -0.05) is 48.6 Å². The molecular weight excluding hydrogens is 777 g/mol. The van der Waals surface area contributed by atoms with Crippen molar-refractivity contribution >= 4 is 57.7 Å². The first kappa shape index (κ1) is 38.3. The third-order valence-corrected chi connectivity index (χ3v) is 10.4. The number of aliphatic imine (C=N–C) groups is 2. The number of nitrogens with zero attached hydrogens (tertiary/aromatic N) is 5. The summed E-state index contributed by atoms with van der Waals surface area (Å²) in [5.74, 6) is 3.04. The van der Waals surface area contributed by atoms with Gasteiger partial charge in [-0.3, -0.25) is 30.2 Å². The monoisotopic (exact) mass is 812 g/mol. The number of nitro groups is 2. The van der Waals surface area contributed by atoms with Crippen LogP contribution in [0.25, 0.3) is 12.2 Å². The second-order valence-electron chi connectivity index (χ2n) is 14.3. The predicted octanol–water partition coefficient (Wildman–Crippen LogP) is 10.2. The van der Waals surface area contributed by atoms with E-state index >= 15 is 0 Å². The lowest BCUT2D eigenvalue weighted by Gasteiger charge is -2.20. The zero-order valence-corrected chi connectivity index (χ0v) is 32.7. The van der Waals surface area contributed by atoms with Crippen LogP contribution in [0.1, 0.15) is 33.4 Å². The first-order valence-electron chi connectivity index (χ1n) is 19.2. The van der Waals surface area contributed by atoms with Crippen LogP contribution in [0.4, 0.5) is 34.1 Å². The zero-order chi connectivity index (χ0) is 41.9. The van der Waals surface area contributed by atoms with E-state index in [1.165, 1.54) is 18.2 Å². The molecule has 14 heteroatoms. The van der Waals surface area contributed by atoms with E-state index in [1.807, 2.05) is 109 Å². The molecule has 302 valence electrons. The van der Waals surface area contributed by atoms with Crippen LogP contribution in [-0.4, -0.2) is 41.9 Å². The summed E-state index contributed by atoms with van der Waals surface area (Å²) in [5, 5.41) is 25.3. The lowest BCUT2D eigenvalue weighted by Crippen LogP contribution is -2.10. The Hall–Kier alpha value is -8.26. The van der Waals surface area contributed by atoms with Gasteiger partial charge in [0.1, 0.15) is 0 Å². The molecule has 0 amide bonds. The number of anilines is 4. The highest BCUT2D eigenvalue weighted by atomic mass is 16.7. The second kappa shape index (κ2) is 16.5. The summed E-state index contributed by atoms with van der Waals surface area (Å²) >= 11 is 0. The van der Waals surface area contributed by atoms with Crippen molar-refractivity contribution in [1.82, 2.24) is 0 Å². The maximum absolute atomic E-state index is 11.1. The van der Waals surface area contributed by atoms with Gasteiger partial charge in [0.25, 0.3) is 11.4 Å². The molecule has 0 bridgehead atoms. The molecule has 4 aliphatic heterocycles. The molecule has 1 N–H and O–H groups in total. The highest BCUT2D eigenvalue weighted by molar-refractivity contribution is 6.14. The summed E-state index contributed by atoms with van der Waals surface area (Å²) in [5.41, 5.74) is 11.7. The maximum Gasteiger partial charge on any atom is 0.271 e. The fourth-order valence-corrected chi connectivity index (χ4v) is 7.23. The molecule has 0 saturated heterocycles. The quantitative estimate of drug-likeness (QED) is 0.104. The Morgan fingerprint density at radius 1 is 0.557 bits per heavy atom. The fraction of sp³-hybridized carbons (Fsp3) is 0.106. The van der Waals surface area contributed by atoms with Crippen LogP contribution >= 0.6 is 0 Å². The van der Waals surface area contributed by atoms with Crippen LogP contribution in [0.3, 0.4) is 0 Å². The van der Waals surface area contributed by atoms with Crippen molar-refractivity contribution in [3.63, 3.8) is 0 Å². The molecule has 0 unspecified atom stereocenters. The van der Waals surface area contributed by atoms with Crippen molar-refractivity contribution in [3.8, 4) is 23.0 Å². The number of ether oxygens (including phenoxy) is 4. The smallest absolute Gasteiger partial charge is 0.271 e. The van der Waals surface area contributed by atoms with E-state index in [2.05, 4.69) is 21.4 Å². The van der Waals surface area contributed by atoms with E-state index in [1.54, 1.807) is 24.3 Å². The minimum atomic E-state index is -0.402. The van der Waals surface area contributed by atoms with Gasteiger partial charge in [-0.15, -0.1) is 0 Å². The standard InChI is InChI=1S/C24H19N3O4.C23H17N3O4/c1-26(18-3-2-4-20(13-18)27(28)29)19-7-8-21-17(12-19)14-25-22(21)9-5-16-6-10-23-24(11-16)31-15-30-23;27-26(28)19-3-1-2-17(12-19)25-18-6-7-20-16(11-18)13-24-21(20)8-4-15-5-9-22-23(10-15)30-14-29-22/h2-13H,14-15H2,1H3;1-12,25H,13-14H2/b9-5+;8-4+. The predicted molar refractivity (Wildman–Crippen MR) is 234 cm³/mol. The third-order valence-electron chi connectivity index (χ3n) is 10.4. The van der Waals surface area contributed by atoms with Crippen LogP contribution < -0.4 is 29.2 Å². The number of non-ortho nitro benzene ring substituents is 2. The van der Waals surface area contributed by atoms with Gasteiger partial charge in [0.05, 0.1) is 34.4 Å². The number of fused-ring (bicyclic) bond motifs is 4. The van der Waals surface area contributed by atoms with E-state index in [-0.39, 0.29) is 29.9 Å². The molecule has 0 radical (unpaired) electrons. The van der Waals surface area contributed by atoms with Crippen molar-refractivity contribution in [2.75, 3.05) is 30.9 Å². The SMILES string of the molecule is CN(c1cccc([N+](=O)[O-])c1)c1ccc2c(c1)CN=C2/C=C/c1ccc2c(c1)OCO2.O=[N+]([O-])c1cccc(Nc2ccc3c(c2)CN=C3/C=C/c2ccc3c(c2)OCO3)c1. The van der Waals surface area contributed by atoms with E-state index in [4.69, 9.17) is 18.9 Å². The second-order valence-corrected chi connectivity index (χ2v) is 14.3. The minimum Gasteiger partial charge on any atom is -0.454 e. The molecule has 0 aliphatic carbocycles. The Bertz CT molecular complexity index is 2850. The molecule has 6 aromatic rings. The topological polar surface area (TPSA) is 163 Å². The molecule has 0 spiro atoms. The van der Waals surface area contributed by atoms with Gasteiger partial charge in [-0.25, -0.2) is 0 Å². The number of benzene rings is 6. The summed E-state index contributed by atoms with van der Waals surface area (Å²) in [6, 6.07) is 36.9. The Morgan fingerprint density at radius 2 is 1.08 bits per heavy atom. The van der Waals surface area contributed by atoms with Crippen LogP contribution in [0.5, 0.6) is 23.0 Å². The Balaban J connectivity index is 0.000000156. The van der Waals surface area contributed by atoms with Gasteiger partial charge in [0.15, 0.2) is 23.0 Å². The molecule has 0 aromatic heterocycles. The fourth-order valence-electron chi connectivity index (χ4n) is 7.23. The highest BCUT2D eigenvalue weighted by Gasteiger charge is 2.19. The molecule has 0 fully saturated rings. The van der Waals surface area contributed by atoms with Gasteiger partial charge in [0.2, 0.25) is 13.6 Å². The maximum atomic E-state index is 11.1. The van der Waals surface area contributed by atoms with Crippen molar-refractivity contribution in [2.24, 2.45) is 9.98 Å². The number of hydrogen-bond acceptors (Lipinski definition) is 12. The molecule has 4 aliphatic rings. The number of hydrogen-bond donors (Lipinski definition) is 1. The molecule has 0 atom stereocenters. The Labute approximate surface area is 349 Å². The van der Waals surface area contributed by atoms with Crippen LogP contribution in [0.2, 0.25) is 0 Å². The van der Waals surface area contributed by atoms with E-state index in [9.17, 15) is 20.2 Å². The van der Waals surface area contributed by atoms with Gasteiger partial charge in [-0.05, 0) is 95.1 Å². The van der Waals surface area contributed by atoms with E-state index in [0.29, 0.717) is 18.8 Å². The molecule has 61 heavy (non-hydrogen) atoms. The van der Waals surface area contributed by atoms with Crippen LogP contribution in [-0.2, 0) is 13.1 Å². The van der Waals surface area contributed by atoms with Crippen molar-refractivity contribution in [3.05, 3.63) is 187 Å². The average Bonchev–Trinajstić information content (AvgIpc) is 4.11. The summed E-state index contributed by atoms with van der Waals surface area (Å²) < 4.78 is 21.5. The van der Waals surface area contributed by atoms with Gasteiger partial charge in [0, 0.05) is 65.2 Å². The van der Waals surface area contributed by atoms with Crippen LogP contribution in [0.15, 0.2) is 143 Å². The Kier molecular flexibility index (Phi) is 10.4. The summed E-state index contributed by atoms with van der Waals surface area (Å²) in [6.45, 7) is 1.72. The molecule has 14 nitrogen and oxygen atoms in total. The van der Waals surface area contributed by atoms with Crippen LogP contribution in [0, 0.1) is 20.2 Å². The molecular formula is C47H36N6O8. The number of nitro benzene ring substituents is 2. The summed E-state index contributed by atoms with van der Waals surface area (Å²) in [7, 11) is 1.90. The van der Waals surface area contributed by atoms with Crippen molar-refractivity contribution < 1.29 is 28.8 Å². The number of rotatable bonds is 10.